The van der Waals surface area contributed by atoms with E-state index >= 15 is 0 Å². The van der Waals surface area contributed by atoms with E-state index < -0.39 is 10.0 Å². The molecule has 0 saturated heterocycles. The molecule has 0 atom stereocenters. The van der Waals surface area contributed by atoms with Gasteiger partial charge in [0.2, 0.25) is 10.0 Å². The zero-order valence-corrected chi connectivity index (χ0v) is 12.7. The standard InChI is InChI=1S/C16H18FNO2S/c1-2-18(12-15-9-6-10-16(17)11-15)21(19,20)13-14-7-4-3-5-8-14/h3-11H,2,12-13H2,1H3. The minimum absolute atomic E-state index is 0.0446. The third-order valence-corrected chi connectivity index (χ3v) is 5.06. The monoisotopic (exact) mass is 307 g/mol. The normalized spacial score (nSPS) is 11.8. The summed E-state index contributed by atoms with van der Waals surface area (Å²) < 4.78 is 39.5. The van der Waals surface area contributed by atoms with E-state index in [-0.39, 0.29) is 18.1 Å². The molecule has 0 aromatic heterocycles. The van der Waals surface area contributed by atoms with Crippen molar-refractivity contribution >= 4 is 10.0 Å². The van der Waals surface area contributed by atoms with Gasteiger partial charge in [0.05, 0.1) is 5.75 Å². The molecule has 0 saturated carbocycles. The molecular formula is C16H18FNO2S. The first-order chi connectivity index (χ1) is 10.0. The van der Waals surface area contributed by atoms with Crippen LogP contribution >= 0.6 is 0 Å². The number of hydrogen-bond acceptors (Lipinski definition) is 2. The van der Waals surface area contributed by atoms with Crippen LogP contribution in [0.4, 0.5) is 4.39 Å². The van der Waals surface area contributed by atoms with Crippen molar-refractivity contribution in [3.63, 3.8) is 0 Å². The van der Waals surface area contributed by atoms with E-state index in [9.17, 15) is 12.8 Å². The lowest BCUT2D eigenvalue weighted by Gasteiger charge is -2.20. The quantitative estimate of drug-likeness (QED) is 0.822. The number of rotatable bonds is 6. The molecule has 5 heteroatoms. The van der Waals surface area contributed by atoms with E-state index in [1.807, 2.05) is 18.2 Å². The molecule has 0 unspecified atom stereocenters. The molecule has 112 valence electrons. The average Bonchev–Trinajstić information content (AvgIpc) is 2.45. The lowest BCUT2D eigenvalue weighted by molar-refractivity contribution is 0.422. The van der Waals surface area contributed by atoms with Crippen molar-refractivity contribution in [2.24, 2.45) is 0 Å². The Bertz CT molecular complexity index is 686. The summed E-state index contributed by atoms with van der Waals surface area (Å²) in [5.41, 5.74) is 1.39. The lowest BCUT2D eigenvalue weighted by atomic mass is 10.2. The summed E-state index contributed by atoms with van der Waals surface area (Å²) in [6.07, 6.45) is 0. The molecule has 2 aromatic carbocycles. The SMILES string of the molecule is CCN(Cc1cccc(F)c1)S(=O)(=O)Cc1ccccc1. The van der Waals surface area contributed by atoms with Crippen molar-refractivity contribution in [2.45, 2.75) is 19.2 Å². The number of sulfonamides is 1. The Hall–Kier alpha value is -1.72. The summed E-state index contributed by atoms with van der Waals surface area (Å²) >= 11 is 0. The van der Waals surface area contributed by atoms with Crippen LogP contribution in [0, 0.1) is 5.82 Å². The molecule has 0 amide bonds. The Kier molecular flexibility index (Phi) is 5.09. The number of halogens is 1. The van der Waals surface area contributed by atoms with Crippen LogP contribution in [0.3, 0.4) is 0 Å². The summed E-state index contributed by atoms with van der Waals surface area (Å²) in [4.78, 5) is 0. The molecule has 2 aromatic rings. The Morgan fingerprint density at radius 3 is 2.29 bits per heavy atom. The van der Waals surface area contributed by atoms with Crippen molar-refractivity contribution in [3.8, 4) is 0 Å². The Labute approximate surface area is 125 Å². The molecule has 0 fully saturated rings. The summed E-state index contributed by atoms with van der Waals surface area (Å²) in [5, 5.41) is 0. The second-order valence-electron chi connectivity index (χ2n) is 4.80. The molecule has 3 nitrogen and oxygen atoms in total. The largest absolute Gasteiger partial charge is 0.218 e. The predicted molar refractivity (Wildman–Crippen MR) is 81.5 cm³/mol. The van der Waals surface area contributed by atoms with Crippen LogP contribution < -0.4 is 0 Å². The van der Waals surface area contributed by atoms with E-state index in [1.165, 1.54) is 16.4 Å². The molecule has 0 aliphatic carbocycles. The first kappa shape index (κ1) is 15.7. The minimum atomic E-state index is -3.43. The summed E-state index contributed by atoms with van der Waals surface area (Å²) in [5.74, 6) is -0.402. The fraction of sp³-hybridized carbons (Fsp3) is 0.250. The number of nitrogens with zero attached hydrogens (tertiary/aromatic N) is 1. The summed E-state index contributed by atoms with van der Waals surface area (Å²) in [6.45, 7) is 2.32. The van der Waals surface area contributed by atoms with Gasteiger partial charge >= 0.3 is 0 Å². The second kappa shape index (κ2) is 6.83. The zero-order chi connectivity index (χ0) is 15.3. The van der Waals surface area contributed by atoms with Crippen LogP contribution in [-0.4, -0.2) is 19.3 Å². The van der Waals surface area contributed by atoms with Gasteiger partial charge in [-0.25, -0.2) is 12.8 Å². The van der Waals surface area contributed by atoms with Crippen molar-refractivity contribution < 1.29 is 12.8 Å². The smallest absolute Gasteiger partial charge is 0.212 e. The maximum absolute atomic E-state index is 13.2. The van der Waals surface area contributed by atoms with Crippen LogP contribution in [0.5, 0.6) is 0 Å². The third kappa shape index (κ3) is 4.37. The van der Waals surface area contributed by atoms with E-state index in [0.29, 0.717) is 12.1 Å². The van der Waals surface area contributed by atoms with E-state index in [4.69, 9.17) is 0 Å². The lowest BCUT2D eigenvalue weighted by Crippen LogP contribution is -2.31. The number of hydrogen-bond donors (Lipinski definition) is 0. The molecule has 0 aliphatic rings. The third-order valence-electron chi connectivity index (χ3n) is 3.19. The minimum Gasteiger partial charge on any atom is -0.212 e. The van der Waals surface area contributed by atoms with E-state index in [1.54, 1.807) is 31.2 Å². The van der Waals surface area contributed by atoms with Gasteiger partial charge in [-0.3, -0.25) is 0 Å². The van der Waals surface area contributed by atoms with Gasteiger partial charge in [-0.1, -0.05) is 49.4 Å². The van der Waals surface area contributed by atoms with Crippen LogP contribution in [0.1, 0.15) is 18.1 Å². The van der Waals surface area contributed by atoms with E-state index in [2.05, 4.69) is 0 Å². The molecule has 0 spiro atoms. The molecule has 0 aliphatic heterocycles. The highest BCUT2D eigenvalue weighted by atomic mass is 32.2. The molecule has 2 rings (SSSR count). The molecule has 21 heavy (non-hydrogen) atoms. The molecule has 0 radical (unpaired) electrons. The summed E-state index contributed by atoms with van der Waals surface area (Å²) in [7, 11) is -3.43. The van der Waals surface area contributed by atoms with Crippen molar-refractivity contribution in [1.82, 2.24) is 4.31 Å². The van der Waals surface area contributed by atoms with Crippen LogP contribution in [0.25, 0.3) is 0 Å². The topological polar surface area (TPSA) is 37.4 Å². The van der Waals surface area contributed by atoms with Gasteiger partial charge in [-0.2, -0.15) is 4.31 Å². The highest BCUT2D eigenvalue weighted by Gasteiger charge is 2.21. The van der Waals surface area contributed by atoms with Crippen LogP contribution in [-0.2, 0) is 22.3 Å². The van der Waals surface area contributed by atoms with Gasteiger partial charge in [0.25, 0.3) is 0 Å². The Morgan fingerprint density at radius 2 is 1.67 bits per heavy atom. The van der Waals surface area contributed by atoms with Gasteiger partial charge in [-0.15, -0.1) is 0 Å². The van der Waals surface area contributed by atoms with Crippen molar-refractivity contribution in [1.29, 1.82) is 0 Å². The molecule has 0 heterocycles. The molecular weight excluding hydrogens is 289 g/mol. The fourth-order valence-corrected chi connectivity index (χ4v) is 3.66. The first-order valence-corrected chi connectivity index (χ1v) is 8.38. The average molecular weight is 307 g/mol. The summed E-state index contributed by atoms with van der Waals surface area (Å²) in [6, 6.07) is 15.1. The van der Waals surface area contributed by atoms with Crippen LogP contribution in [0.15, 0.2) is 54.6 Å². The highest BCUT2D eigenvalue weighted by Crippen LogP contribution is 2.15. The van der Waals surface area contributed by atoms with Gasteiger partial charge in [0, 0.05) is 13.1 Å². The second-order valence-corrected chi connectivity index (χ2v) is 6.77. The molecule has 0 N–H and O–H groups in total. The predicted octanol–water partition coefficient (Wildman–Crippen LogP) is 3.18. The maximum atomic E-state index is 13.2. The van der Waals surface area contributed by atoms with Crippen molar-refractivity contribution in [3.05, 3.63) is 71.5 Å². The first-order valence-electron chi connectivity index (χ1n) is 6.77. The molecule has 0 bridgehead atoms. The zero-order valence-electron chi connectivity index (χ0n) is 11.9. The Morgan fingerprint density at radius 1 is 1.00 bits per heavy atom. The van der Waals surface area contributed by atoms with Crippen LogP contribution in [0.2, 0.25) is 0 Å². The van der Waals surface area contributed by atoms with Gasteiger partial charge < -0.3 is 0 Å². The van der Waals surface area contributed by atoms with Gasteiger partial charge in [-0.05, 0) is 23.3 Å². The maximum Gasteiger partial charge on any atom is 0.218 e. The van der Waals surface area contributed by atoms with Crippen molar-refractivity contribution in [2.75, 3.05) is 6.54 Å². The highest BCUT2D eigenvalue weighted by molar-refractivity contribution is 7.88. The number of benzene rings is 2. The van der Waals surface area contributed by atoms with E-state index in [0.717, 1.165) is 5.56 Å². The fourth-order valence-electron chi connectivity index (χ4n) is 2.12. The van der Waals surface area contributed by atoms with Gasteiger partial charge in [0.15, 0.2) is 0 Å². The van der Waals surface area contributed by atoms with Gasteiger partial charge in [0.1, 0.15) is 5.82 Å². The Balaban J connectivity index is 2.16.